The summed E-state index contributed by atoms with van der Waals surface area (Å²) in [5.74, 6) is 0.563. The molecular formula is C26H33N7O. The quantitative estimate of drug-likeness (QED) is 0.358. The van der Waals surface area contributed by atoms with Gasteiger partial charge in [-0.3, -0.25) is 14.8 Å². The molecule has 178 valence electrons. The number of anilines is 2. The molecule has 0 saturated heterocycles. The molecule has 2 heterocycles. The van der Waals surface area contributed by atoms with E-state index in [0.29, 0.717) is 23.6 Å². The van der Waals surface area contributed by atoms with Crippen LogP contribution in [0.25, 0.3) is 0 Å². The number of nitrogens with zero attached hydrogens (tertiary/aromatic N) is 4. The molecule has 0 bridgehead atoms. The molecule has 0 fully saturated rings. The zero-order valence-electron chi connectivity index (χ0n) is 19.9. The van der Waals surface area contributed by atoms with Crippen molar-refractivity contribution in [3.63, 3.8) is 0 Å². The standard InChI is InChI=1S/C26H33N7O/c1-20(29-15-12-21-10-13-28-14-11-21)33(17-16-32(2)3)19-22-8-9-25(30-18-22)26(34)31-24-7-5-4-6-23(24)27/h4-11,13-14,18,29H,1,12,15-17,19,27H2,2-3H3,(H,31,34). The Bertz CT molecular complexity index is 1070. The topological polar surface area (TPSA) is 99.4 Å². The maximum atomic E-state index is 12.5. The van der Waals surface area contributed by atoms with Crippen LogP contribution in [-0.2, 0) is 13.0 Å². The van der Waals surface area contributed by atoms with Gasteiger partial charge < -0.3 is 26.2 Å². The van der Waals surface area contributed by atoms with Crippen molar-refractivity contribution in [3.05, 3.63) is 96.3 Å². The van der Waals surface area contributed by atoms with Crippen molar-refractivity contribution in [3.8, 4) is 0 Å². The Morgan fingerprint density at radius 3 is 2.47 bits per heavy atom. The third kappa shape index (κ3) is 7.60. The van der Waals surface area contributed by atoms with Crippen molar-refractivity contribution in [2.45, 2.75) is 13.0 Å². The Labute approximate surface area is 201 Å². The number of benzene rings is 1. The number of hydrogen-bond donors (Lipinski definition) is 3. The van der Waals surface area contributed by atoms with Crippen molar-refractivity contribution >= 4 is 17.3 Å². The maximum absolute atomic E-state index is 12.5. The molecule has 3 aromatic rings. The van der Waals surface area contributed by atoms with E-state index in [9.17, 15) is 4.79 Å². The molecule has 34 heavy (non-hydrogen) atoms. The summed E-state index contributed by atoms with van der Waals surface area (Å²) in [7, 11) is 4.10. The molecule has 0 atom stereocenters. The van der Waals surface area contributed by atoms with Gasteiger partial charge in [-0.2, -0.15) is 0 Å². The van der Waals surface area contributed by atoms with E-state index in [2.05, 4.69) is 37.0 Å². The van der Waals surface area contributed by atoms with Crippen LogP contribution in [-0.4, -0.2) is 59.4 Å². The summed E-state index contributed by atoms with van der Waals surface area (Å²) in [5.41, 5.74) is 9.55. The van der Waals surface area contributed by atoms with Gasteiger partial charge in [0.1, 0.15) is 5.69 Å². The van der Waals surface area contributed by atoms with Gasteiger partial charge in [0, 0.05) is 44.8 Å². The van der Waals surface area contributed by atoms with Crippen LogP contribution >= 0.6 is 0 Å². The second-order valence-electron chi connectivity index (χ2n) is 8.30. The van der Waals surface area contributed by atoms with Crippen molar-refractivity contribution in [2.75, 3.05) is 44.8 Å². The Morgan fingerprint density at radius 1 is 1.03 bits per heavy atom. The number of hydrogen-bond acceptors (Lipinski definition) is 7. The third-order valence-electron chi connectivity index (χ3n) is 5.33. The number of rotatable bonds is 12. The third-order valence-corrected chi connectivity index (χ3v) is 5.33. The Balaban J connectivity index is 1.59. The van der Waals surface area contributed by atoms with Crippen molar-refractivity contribution < 1.29 is 4.79 Å². The van der Waals surface area contributed by atoms with Gasteiger partial charge in [0.15, 0.2) is 0 Å². The van der Waals surface area contributed by atoms with E-state index in [4.69, 9.17) is 5.73 Å². The van der Waals surface area contributed by atoms with Crippen LogP contribution in [0.1, 0.15) is 21.6 Å². The predicted octanol–water partition coefficient (Wildman–Crippen LogP) is 2.98. The SMILES string of the molecule is C=C(NCCc1ccncc1)N(CCN(C)C)Cc1ccc(C(=O)Nc2ccccc2N)nc1. The number of likely N-dealkylation sites (N-methyl/N-ethyl adjacent to an activating group) is 1. The second-order valence-corrected chi connectivity index (χ2v) is 8.30. The summed E-state index contributed by atoms with van der Waals surface area (Å²) in [6.45, 7) is 7.36. The minimum absolute atomic E-state index is 0.295. The van der Waals surface area contributed by atoms with E-state index in [1.165, 1.54) is 5.56 Å². The first-order valence-corrected chi connectivity index (χ1v) is 11.2. The molecule has 4 N–H and O–H groups in total. The lowest BCUT2D eigenvalue weighted by molar-refractivity contribution is 0.102. The van der Waals surface area contributed by atoms with Crippen molar-refractivity contribution in [1.29, 1.82) is 0 Å². The van der Waals surface area contributed by atoms with E-state index in [0.717, 1.165) is 37.4 Å². The number of carbonyl (C=O) groups excluding carboxylic acids is 1. The van der Waals surface area contributed by atoms with E-state index in [1.54, 1.807) is 36.8 Å². The summed E-state index contributed by atoms with van der Waals surface area (Å²) in [6, 6.07) is 14.8. The molecule has 0 spiro atoms. The van der Waals surface area contributed by atoms with Crippen LogP contribution in [0.15, 0.2) is 79.5 Å². The number of nitrogen functional groups attached to an aromatic ring is 1. The lowest BCUT2D eigenvalue weighted by Gasteiger charge is -2.29. The van der Waals surface area contributed by atoms with E-state index < -0.39 is 0 Å². The van der Waals surface area contributed by atoms with Crippen LogP contribution in [0, 0.1) is 0 Å². The molecule has 0 aliphatic carbocycles. The number of amides is 1. The first kappa shape index (κ1) is 24.7. The molecule has 0 unspecified atom stereocenters. The Kier molecular flexibility index (Phi) is 8.99. The van der Waals surface area contributed by atoms with Gasteiger partial charge in [0.2, 0.25) is 0 Å². The minimum Gasteiger partial charge on any atom is -0.397 e. The van der Waals surface area contributed by atoms with Gasteiger partial charge in [-0.05, 0) is 62.0 Å². The van der Waals surface area contributed by atoms with Crippen LogP contribution in [0.2, 0.25) is 0 Å². The van der Waals surface area contributed by atoms with Gasteiger partial charge in [0.05, 0.1) is 17.2 Å². The summed E-state index contributed by atoms with van der Waals surface area (Å²) in [5, 5.41) is 6.24. The molecule has 3 rings (SSSR count). The largest absolute Gasteiger partial charge is 0.397 e. The lowest BCUT2D eigenvalue weighted by atomic mass is 10.2. The molecule has 1 amide bonds. The van der Waals surface area contributed by atoms with Gasteiger partial charge >= 0.3 is 0 Å². The monoisotopic (exact) mass is 459 g/mol. The maximum Gasteiger partial charge on any atom is 0.274 e. The van der Waals surface area contributed by atoms with Crippen LogP contribution < -0.4 is 16.4 Å². The Hall–Kier alpha value is -3.91. The fourth-order valence-corrected chi connectivity index (χ4v) is 3.31. The fourth-order valence-electron chi connectivity index (χ4n) is 3.31. The summed E-state index contributed by atoms with van der Waals surface area (Å²) in [6.07, 6.45) is 6.23. The van der Waals surface area contributed by atoms with E-state index >= 15 is 0 Å². The number of nitrogens with two attached hydrogens (primary N) is 1. The van der Waals surface area contributed by atoms with Crippen LogP contribution in [0.3, 0.4) is 0 Å². The van der Waals surface area contributed by atoms with Gasteiger partial charge in [-0.15, -0.1) is 0 Å². The normalized spacial score (nSPS) is 10.7. The minimum atomic E-state index is -0.295. The highest BCUT2D eigenvalue weighted by Crippen LogP contribution is 2.17. The predicted molar refractivity (Wildman–Crippen MR) is 137 cm³/mol. The lowest BCUT2D eigenvalue weighted by Crippen LogP contribution is -2.36. The zero-order chi connectivity index (χ0) is 24.3. The highest BCUT2D eigenvalue weighted by atomic mass is 16.1. The molecule has 2 aromatic heterocycles. The summed E-state index contributed by atoms with van der Waals surface area (Å²) >= 11 is 0. The molecular weight excluding hydrogens is 426 g/mol. The average molecular weight is 460 g/mol. The molecule has 0 aliphatic heterocycles. The molecule has 1 aromatic carbocycles. The highest BCUT2D eigenvalue weighted by molar-refractivity contribution is 6.04. The average Bonchev–Trinajstić information content (AvgIpc) is 2.84. The van der Waals surface area contributed by atoms with Crippen LogP contribution in [0.4, 0.5) is 11.4 Å². The molecule has 8 nitrogen and oxygen atoms in total. The molecule has 0 aliphatic rings. The van der Waals surface area contributed by atoms with Crippen molar-refractivity contribution in [1.82, 2.24) is 25.1 Å². The van der Waals surface area contributed by atoms with E-state index in [-0.39, 0.29) is 5.91 Å². The number of nitrogens with one attached hydrogen (secondary N) is 2. The number of carbonyl (C=O) groups is 1. The molecule has 0 radical (unpaired) electrons. The fraction of sp³-hybridized carbons (Fsp3) is 0.269. The number of para-hydroxylation sites is 2. The summed E-state index contributed by atoms with van der Waals surface area (Å²) < 4.78 is 0. The molecule has 0 saturated carbocycles. The van der Waals surface area contributed by atoms with Gasteiger partial charge in [-0.1, -0.05) is 24.8 Å². The van der Waals surface area contributed by atoms with Gasteiger partial charge in [0.25, 0.3) is 5.91 Å². The zero-order valence-corrected chi connectivity index (χ0v) is 19.9. The van der Waals surface area contributed by atoms with Gasteiger partial charge in [-0.25, -0.2) is 0 Å². The number of pyridine rings is 2. The first-order valence-electron chi connectivity index (χ1n) is 11.2. The molecule has 8 heteroatoms. The highest BCUT2D eigenvalue weighted by Gasteiger charge is 2.12. The first-order chi connectivity index (χ1) is 16.4. The second kappa shape index (κ2) is 12.4. The number of aromatic nitrogens is 2. The smallest absolute Gasteiger partial charge is 0.274 e. The van der Waals surface area contributed by atoms with E-state index in [1.807, 2.05) is 44.4 Å². The Morgan fingerprint density at radius 2 is 1.79 bits per heavy atom. The summed E-state index contributed by atoms with van der Waals surface area (Å²) in [4.78, 5) is 25.3. The van der Waals surface area contributed by atoms with Crippen LogP contribution in [0.5, 0.6) is 0 Å². The van der Waals surface area contributed by atoms with Crippen molar-refractivity contribution in [2.24, 2.45) is 0 Å².